The number of fused-ring (bicyclic) bond motifs is 1. The third-order valence-corrected chi connectivity index (χ3v) is 4.85. The Labute approximate surface area is 181 Å². The third-order valence-electron chi connectivity index (χ3n) is 4.85. The number of nitrogens with two attached hydrogens (primary N) is 2. The Balaban J connectivity index is 1.64. The minimum Gasteiger partial charge on any atom is -0.398 e. The van der Waals surface area contributed by atoms with Gasteiger partial charge in [0, 0.05) is 16.8 Å². The average Bonchev–Trinajstić information content (AvgIpc) is 2.95. The van der Waals surface area contributed by atoms with Crippen LogP contribution in [0.1, 0.15) is 16.7 Å². The van der Waals surface area contributed by atoms with Gasteiger partial charge in [-0.3, -0.25) is 4.79 Å². The number of rotatable bonds is 5. The van der Waals surface area contributed by atoms with E-state index in [0.717, 1.165) is 16.7 Å². The molecule has 4 rings (SSSR count). The highest BCUT2D eigenvalue weighted by atomic mass is 16.2. The van der Waals surface area contributed by atoms with E-state index in [0.29, 0.717) is 17.1 Å². The molecule has 6 heteroatoms. The molecule has 3 aromatic rings. The van der Waals surface area contributed by atoms with E-state index in [1.54, 1.807) is 12.2 Å². The van der Waals surface area contributed by atoms with Crippen molar-refractivity contribution in [2.24, 2.45) is 16.5 Å². The fourth-order valence-corrected chi connectivity index (χ4v) is 3.29. The van der Waals surface area contributed by atoms with E-state index in [4.69, 9.17) is 16.5 Å². The van der Waals surface area contributed by atoms with Crippen molar-refractivity contribution >= 4 is 23.0 Å². The van der Waals surface area contributed by atoms with Gasteiger partial charge in [0.25, 0.3) is 5.91 Å². The normalized spacial score (nSPS) is 16.6. The number of nitrogens with one attached hydrogen (secondary N) is 2. The Bertz CT molecular complexity index is 1170. The molecule has 1 amide bonds. The molecule has 0 saturated carbocycles. The zero-order valence-corrected chi connectivity index (χ0v) is 16.8. The maximum Gasteiger partial charge on any atom is 0.269 e. The summed E-state index contributed by atoms with van der Waals surface area (Å²) in [5.74, 6) is -0.0177. The zero-order valence-electron chi connectivity index (χ0n) is 16.8. The Kier molecular flexibility index (Phi) is 5.80. The molecule has 6 nitrogen and oxygen atoms in total. The lowest BCUT2D eigenvalue weighted by Gasteiger charge is -2.14. The Hall–Kier alpha value is -4.32. The van der Waals surface area contributed by atoms with Crippen LogP contribution >= 0.6 is 0 Å². The molecule has 1 unspecified atom stereocenters. The minimum atomic E-state index is -0.898. The zero-order chi connectivity index (χ0) is 21.6. The fraction of sp³-hybridized carbons (Fsp3) is 0.0400. The molecule has 1 atom stereocenters. The number of anilines is 1. The number of hydrogen-bond acceptors (Lipinski definition) is 5. The van der Waals surface area contributed by atoms with E-state index >= 15 is 0 Å². The Morgan fingerprint density at radius 2 is 1.52 bits per heavy atom. The summed E-state index contributed by atoms with van der Waals surface area (Å²) < 4.78 is 0. The van der Waals surface area contributed by atoms with Gasteiger partial charge < -0.3 is 22.1 Å². The molecule has 0 radical (unpaired) electrons. The van der Waals surface area contributed by atoms with Crippen LogP contribution in [-0.4, -0.2) is 17.8 Å². The standard InChI is InChI=1S/C25H23N5O/c26-20(17-9-3-1-4-10-17)15-16-22(27)29-24-25(31)28-21-14-8-7-13-19(21)23(30-24)18-11-5-2-6-12-18/h1-16,24,29H,26-27H2,(H,28,31)/b20-15-,22-16+. The van der Waals surface area contributed by atoms with Crippen molar-refractivity contribution in [2.75, 3.05) is 5.32 Å². The van der Waals surface area contributed by atoms with Crippen LogP contribution in [0.2, 0.25) is 0 Å². The van der Waals surface area contributed by atoms with Crippen LogP contribution in [-0.2, 0) is 4.79 Å². The summed E-state index contributed by atoms with van der Waals surface area (Å²) in [5, 5.41) is 5.92. The molecule has 0 aromatic heterocycles. The van der Waals surface area contributed by atoms with E-state index in [9.17, 15) is 4.79 Å². The number of hydrogen-bond donors (Lipinski definition) is 4. The van der Waals surface area contributed by atoms with Crippen molar-refractivity contribution < 1.29 is 4.79 Å². The maximum absolute atomic E-state index is 12.8. The number of amides is 1. The molecule has 0 aliphatic carbocycles. The van der Waals surface area contributed by atoms with E-state index in [-0.39, 0.29) is 11.7 Å². The Morgan fingerprint density at radius 3 is 2.26 bits per heavy atom. The van der Waals surface area contributed by atoms with Crippen molar-refractivity contribution in [3.8, 4) is 0 Å². The molecule has 3 aromatic carbocycles. The van der Waals surface area contributed by atoms with E-state index in [1.807, 2.05) is 84.9 Å². The van der Waals surface area contributed by atoms with Crippen LogP contribution in [0.3, 0.4) is 0 Å². The van der Waals surface area contributed by atoms with Gasteiger partial charge >= 0.3 is 0 Å². The molecule has 31 heavy (non-hydrogen) atoms. The van der Waals surface area contributed by atoms with Crippen LogP contribution in [0.5, 0.6) is 0 Å². The average molecular weight is 409 g/mol. The van der Waals surface area contributed by atoms with E-state index < -0.39 is 6.17 Å². The second-order valence-corrected chi connectivity index (χ2v) is 7.04. The highest BCUT2D eigenvalue weighted by Gasteiger charge is 2.25. The molecule has 1 aliphatic heterocycles. The summed E-state index contributed by atoms with van der Waals surface area (Å²) in [7, 11) is 0. The summed E-state index contributed by atoms with van der Waals surface area (Å²) in [6.07, 6.45) is 2.43. The second kappa shape index (κ2) is 9.00. The number of nitrogens with zero attached hydrogens (tertiary/aromatic N) is 1. The maximum atomic E-state index is 12.8. The van der Waals surface area contributed by atoms with Gasteiger partial charge in [-0.1, -0.05) is 78.9 Å². The molecule has 0 bridgehead atoms. The number of benzene rings is 3. The Morgan fingerprint density at radius 1 is 0.871 bits per heavy atom. The predicted octanol–water partition coefficient (Wildman–Crippen LogP) is 3.19. The van der Waals surface area contributed by atoms with Crippen molar-refractivity contribution in [1.29, 1.82) is 0 Å². The quantitative estimate of drug-likeness (QED) is 0.486. The lowest BCUT2D eigenvalue weighted by Crippen LogP contribution is -2.40. The predicted molar refractivity (Wildman–Crippen MR) is 125 cm³/mol. The first-order valence-electron chi connectivity index (χ1n) is 9.90. The van der Waals surface area contributed by atoms with Crippen LogP contribution < -0.4 is 22.1 Å². The lowest BCUT2D eigenvalue weighted by molar-refractivity contribution is -0.117. The van der Waals surface area contributed by atoms with Gasteiger partial charge in [-0.25, -0.2) is 4.99 Å². The van der Waals surface area contributed by atoms with Gasteiger partial charge in [0.15, 0.2) is 0 Å². The second-order valence-electron chi connectivity index (χ2n) is 7.04. The van der Waals surface area contributed by atoms with Gasteiger partial charge in [0.1, 0.15) is 0 Å². The van der Waals surface area contributed by atoms with Gasteiger partial charge in [-0.15, -0.1) is 0 Å². The highest BCUT2D eigenvalue weighted by Crippen LogP contribution is 2.23. The van der Waals surface area contributed by atoms with Gasteiger partial charge in [-0.2, -0.15) is 0 Å². The first-order valence-corrected chi connectivity index (χ1v) is 9.90. The van der Waals surface area contributed by atoms with Crippen LogP contribution in [0.4, 0.5) is 5.69 Å². The van der Waals surface area contributed by atoms with Gasteiger partial charge in [0.05, 0.1) is 17.2 Å². The number of aliphatic imine (C=N–C) groups is 1. The first-order chi connectivity index (χ1) is 15.1. The molecule has 6 N–H and O–H groups in total. The van der Waals surface area contributed by atoms with E-state index in [1.165, 1.54) is 0 Å². The van der Waals surface area contributed by atoms with Crippen molar-refractivity contribution in [3.05, 3.63) is 120 Å². The number of carbonyl (C=O) groups is 1. The fourth-order valence-electron chi connectivity index (χ4n) is 3.29. The van der Waals surface area contributed by atoms with Crippen LogP contribution in [0.15, 0.2) is 108 Å². The highest BCUT2D eigenvalue weighted by molar-refractivity contribution is 6.19. The minimum absolute atomic E-state index is 0.279. The summed E-state index contributed by atoms with van der Waals surface area (Å²) in [4.78, 5) is 17.6. The van der Waals surface area contributed by atoms with Crippen molar-refractivity contribution in [1.82, 2.24) is 5.32 Å². The summed E-state index contributed by atoms with van der Waals surface area (Å²) in [6, 6.07) is 26.9. The SMILES string of the molecule is N/C(=C\C=C(/N)NC1N=C(c2ccccc2)c2ccccc2NC1=O)c1ccccc1. The number of para-hydroxylation sites is 1. The monoisotopic (exact) mass is 409 g/mol. The summed E-state index contributed by atoms with van der Waals surface area (Å²) in [6.45, 7) is 0. The lowest BCUT2D eigenvalue weighted by atomic mass is 10.0. The molecule has 1 aliphatic rings. The topological polar surface area (TPSA) is 106 Å². The molecule has 154 valence electrons. The molecule has 1 heterocycles. The van der Waals surface area contributed by atoms with Crippen LogP contribution in [0.25, 0.3) is 5.70 Å². The number of carbonyl (C=O) groups excluding carboxylic acids is 1. The van der Waals surface area contributed by atoms with Gasteiger partial charge in [-0.05, 0) is 23.8 Å². The number of benzodiazepines with no additional fused rings is 1. The molecule has 0 spiro atoms. The molecule has 0 saturated heterocycles. The summed E-state index contributed by atoms with van der Waals surface area (Å²) in [5.41, 5.74) is 16.9. The van der Waals surface area contributed by atoms with Crippen LogP contribution in [0, 0.1) is 0 Å². The molecular weight excluding hydrogens is 386 g/mol. The molecular formula is C25H23N5O. The van der Waals surface area contributed by atoms with Gasteiger partial charge in [0.2, 0.25) is 6.17 Å². The largest absolute Gasteiger partial charge is 0.398 e. The number of allylic oxidation sites excluding steroid dienone is 2. The van der Waals surface area contributed by atoms with E-state index in [2.05, 4.69) is 10.6 Å². The third kappa shape index (κ3) is 4.64. The summed E-state index contributed by atoms with van der Waals surface area (Å²) >= 11 is 0. The van der Waals surface area contributed by atoms with Crippen molar-refractivity contribution in [2.45, 2.75) is 6.17 Å². The first kappa shape index (κ1) is 20.0. The molecule has 0 fully saturated rings. The van der Waals surface area contributed by atoms with Crippen molar-refractivity contribution in [3.63, 3.8) is 0 Å². The smallest absolute Gasteiger partial charge is 0.269 e.